The normalized spacial score (nSPS) is 13.2. The summed E-state index contributed by atoms with van der Waals surface area (Å²) in [4.78, 5) is 10.9. The molecule has 2 N–H and O–H groups in total. The fourth-order valence-corrected chi connectivity index (χ4v) is 4.75. The lowest BCUT2D eigenvalue weighted by molar-refractivity contribution is -0.137. The van der Waals surface area contributed by atoms with E-state index in [0.29, 0.717) is 17.3 Å². The number of benzene rings is 1. The van der Waals surface area contributed by atoms with Gasteiger partial charge in [-0.2, -0.15) is 0 Å². The van der Waals surface area contributed by atoms with Crippen molar-refractivity contribution in [3.63, 3.8) is 0 Å². The first-order chi connectivity index (χ1) is 9.26. The monoisotopic (exact) mass is 427 g/mol. The summed E-state index contributed by atoms with van der Waals surface area (Å²) in [6.07, 6.45) is 0.933. The van der Waals surface area contributed by atoms with Gasteiger partial charge in [0.25, 0.3) is 0 Å². The summed E-state index contributed by atoms with van der Waals surface area (Å²) in [5.41, 5.74) is 0. The summed E-state index contributed by atoms with van der Waals surface area (Å²) >= 11 is 6.45. The molecule has 112 valence electrons. The van der Waals surface area contributed by atoms with E-state index in [1.807, 2.05) is 6.92 Å². The van der Waals surface area contributed by atoms with Crippen molar-refractivity contribution in [1.29, 1.82) is 0 Å². The van der Waals surface area contributed by atoms with Crippen molar-refractivity contribution in [1.82, 2.24) is 4.72 Å². The molecule has 5 nitrogen and oxygen atoms in total. The molecule has 0 fully saturated rings. The lowest BCUT2D eigenvalue weighted by Crippen LogP contribution is -2.36. The van der Waals surface area contributed by atoms with E-state index >= 15 is 0 Å². The zero-order valence-electron chi connectivity index (χ0n) is 10.8. The van der Waals surface area contributed by atoms with Gasteiger partial charge in [-0.1, -0.05) is 29.3 Å². The predicted octanol–water partition coefficient (Wildman–Crippen LogP) is 3.13. The number of aliphatic carboxylic acids is 1. The van der Waals surface area contributed by atoms with Gasteiger partial charge in [-0.05, 0) is 40.5 Å². The summed E-state index contributed by atoms with van der Waals surface area (Å²) in [5.74, 6) is -1.03. The highest BCUT2D eigenvalue weighted by molar-refractivity contribution is 9.11. The van der Waals surface area contributed by atoms with E-state index < -0.39 is 22.0 Å². The topological polar surface area (TPSA) is 83.5 Å². The highest BCUT2D eigenvalue weighted by Gasteiger charge is 2.23. The van der Waals surface area contributed by atoms with Crippen molar-refractivity contribution in [3.05, 3.63) is 27.1 Å². The van der Waals surface area contributed by atoms with Crippen LogP contribution in [-0.4, -0.2) is 25.5 Å². The van der Waals surface area contributed by atoms with Crippen LogP contribution in [0.15, 0.2) is 32.0 Å². The first kappa shape index (κ1) is 17.6. The van der Waals surface area contributed by atoms with Gasteiger partial charge < -0.3 is 5.11 Å². The molecule has 20 heavy (non-hydrogen) atoms. The van der Waals surface area contributed by atoms with Gasteiger partial charge >= 0.3 is 5.97 Å². The largest absolute Gasteiger partial charge is 0.481 e. The second-order valence-corrected chi connectivity index (χ2v) is 7.73. The average Bonchev–Trinajstić information content (AvgIpc) is 2.26. The van der Waals surface area contributed by atoms with Crippen LogP contribution in [0.2, 0.25) is 0 Å². The molecule has 1 unspecified atom stereocenters. The minimum Gasteiger partial charge on any atom is -0.481 e. The van der Waals surface area contributed by atoms with Crippen LogP contribution in [0.25, 0.3) is 0 Å². The van der Waals surface area contributed by atoms with E-state index in [-0.39, 0.29) is 11.3 Å². The fraction of sp³-hybridized carbons (Fsp3) is 0.417. The van der Waals surface area contributed by atoms with Crippen LogP contribution in [-0.2, 0) is 14.8 Å². The Morgan fingerprint density at radius 1 is 1.40 bits per heavy atom. The average molecular weight is 429 g/mol. The first-order valence-electron chi connectivity index (χ1n) is 5.95. The molecule has 0 spiro atoms. The third-order valence-corrected chi connectivity index (χ3v) is 5.55. The molecule has 1 aromatic carbocycles. The fourth-order valence-electron chi connectivity index (χ4n) is 1.74. The van der Waals surface area contributed by atoms with Crippen LogP contribution >= 0.6 is 31.9 Å². The number of nitrogens with one attached hydrogen (secondary N) is 1. The molecule has 0 radical (unpaired) electrons. The van der Waals surface area contributed by atoms with Gasteiger partial charge in [0.1, 0.15) is 0 Å². The molecule has 1 atom stereocenters. The summed E-state index contributed by atoms with van der Waals surface area (Å²) in [5, 5.41) is 8.82. The van der Waals surface area contributed by atoms with Gasteiger partial charge in [-0.25, -0.2) is 13.1 Å². The molecule has 1 rings (SSSR count). The van der Waals surface area contributed by atoms with E-state index in [1.54, 1.807) is 12.1 Å². The van der Waals surface area contributed by atoms with Crippen LogP contribution in [0.5, 0.6) is 0 Å². The summed E-state index contributed by atoms with van der Waals surface area (Å²) in [7, 11) is -3.76. The molecule has 0 bridgehead atoms. The third-order valence-electron chi connectivity index (χ3n) is 2.56. The van der Waals surface area contributed by atoms with Crippen LogP contribution in [0.3, 0.4) is 0 Å². The van der Waals surface area contributed by atoms with Gasteiger partial charge in [-0.15, -0.1) is 0 Å². The molecule has 0 saturated heterocycles. The van der Waals surface area contributed by atoms with E-state index in [0.717, 1.165) is 4.47 Å². The Kier molecular flexibility index (Phi) is 6.63. The Morgan fingerprint density at radius 3 is 2.55 bits per heavy atom. The minimum absolute atomic E-state index is 0.0900. The number of carboxylic acids is 1. The number of carboxylic acid groups (broad SMARTS) is 1. The zero-order chi connectivity index (χ0) is 15.3. The smallest absolute Gasteiger partial charge is 0.304 e. The van der Waals surface area contributed by atoms with Gasteiger partial charge in [0, 0.05) is 15.0 Å². The maximum atomic E-state index is 12.3. The number of rotatable bonds is 7. The number of hydrogen-bond donors (Lipinski definition) is 2. The standard InChI is InChI=1S/C12H15Br2NO4S/c1-2-3-9(7-12(16)17)15-20(18,19)11-5-4-8(13)6-10(11)14/h4-6,9,15H,2-3,7H2,1H3,(H,16,17). The van der Waals surface area contributed by atoms with Crippen LogP contribution < -0.4 is 4.72 Å². The second kappa shape index (κ2) is 7.53. The van der Waals surface area contributed by atoms with E-state index in [2.05, 4.69) is 36.6 Å². The lowest BCUT2D eigenvalue weighted by Gasteiger charge is -2.17. The Balaban J connectivity index is 2.99. The Labute approximate surface area is 135 Å². The van der Waals surface area contributed by atoms with Crippen molar-refractivity contribution < 1.29 is 18.3 Å². The number of hydrogen-bond acceptors (Lipinski definition) is 3. The van der Waals surface area contributed by atoms with Crippen LogP contribution in [0.1, 0.15) is 26.2 Å². The molecule has 8 heteroatoms. The minimum atomic E-state index is -3.76. The lowest BCUT2D eigenvalue weighted by atomic mass is 10.1. The molecule has 0 aliphatic carbocycles. The summed E-state index contributed by atoms with van der Waals surface area (Å²) in [6.45, 7) is 1.87. The highest BCUT2D eigenvalue weighted by Crippen LogP contribution is 2.26. The predicted molar refractivity (Wildman–Crippen MR) is 83.1 cm³/mol. The summed E-state index contributed by atoms with van der Waals surface area (Å²) < 4.78 is 28.2. The molecule has 0 heterocycles. The molecule has 1 aromatic rings. The van der Waals surface area contributed by atoms with Crippen molar-refractivity contribution in [2.45, 2.75) is 37.1 Å². The van der Waals surface area contributed by atoms with Gasteiger partial charge in [0.2, 0.25) is 10.0 Å². The van der Waals surface area contributed by atoms with E-state index in [9.17, 15) is 13.2 Å². The van der Waals surface area contributed by atoms with Gasteiger partial charge in [0.15, 0.2) is 0 Å². The maximum Gasteiger partial charge on any atom is 0.304 e. The molecular formula is C12H15Br2NO4S. The van der Waals surface area contributed by atoms with Crippen LogP contribution in [0.4, 0.5) is 0 Å². The van der Waals surface area contributed by atoms with Crippen molar-refractivity contribution >= 4 is 47.9 Å². The highest BCUT2D eigenvalue weighted by atomic mass is 79.9. The maximum absolute atomic E-state index is 12.3. The number of carbonyl (C=O) groups is 1. The SMILES string of the molecule is CCCC(CC(=O)O)NS(=O)(=O)c1ccc(Br)cc1Br. The Hall–Kier alpha value is -0.440. The Bertz CT molecular complexity index is 589. The van der Waals surface area contributed by atoms with E-state index in [4.69, 9.17) is 5.11 Å². The van der Waals surface area contributed by atoms with Crippen molar-refractivity contribution in [3.8, 4) is 0 Å². The molecule has 0 aliphatic heterocycles. The van der Waals surface area contributed by atoms with Gasteiger partial charge in [-0.3, -0.25) is 4.79 Å². The first-order valence-corrected chi connectivity index (χ1v) is 9.02. The molecule has 0 saturated carbocycles. The van der Waals surface area contributed by atoms with Gasteiger partial charge in [0.05, 0.1) is 11.3 Å². The number of halogens is 2. The molecule has 0 aliphatic rings. The van der Waals surface area contributed by atoms with Crippen molar-refractivity contribution in [2.75, 3.05) is 0 Å². The Morgan fingerprint density at radius 2 is 2.05 bits per heavy atom. The molecular weight excluding hydrogens is 414 g/mol. The quantitative estimate of drug-likeness (QED) is 0.698. The second-order valence-electron chi connectivity index (χ2n) is 4.28. The van der Waals surface area contributed by atoms with E-state index in [1.165, 1.54) is 6.07 Å². The van der Waals surface area contributed by atoms with Crippen LogP contribution in [0, 0.1) is 0 Å². The third kappa shape index (κ3) is 5.16. The summed E-state index contributed by atoms with van der Waals surface area (Å²) in [6, 6.07) is 4.09. The molecule has 0 aromatic heterocycles. The zero-order valence-corrected chi connectivity index (χ0v) is 14.8. The number of sulfonamides is 1. The van der Waals surface area contributed by atoms with Crippen molar-refractivity contribution in [2.24, 2.45) is 0 Å². The molecule has 0 amide bonds.